The minimum Gasteiger partial charge on any atom is -0.497 e. The lowest BCUT2D eigenvalue weighted by Crippen LogP contribution is -2.07. The largest absolute Gasteiger partial charge is 0.497 e. The summed E-state index contributed by atoms with van der Waals surface area (Å²) in [6.07, 6.45) is 0. The van der Waals surface area contributed by atoms with Crippen molar-refractivity contribution in [2.75, 3.05) is 12.4 Å². The van der Waals surface area contributed by atoms with E-state index in [0.717, 1.165) is 0 Å². The van der Waals surface area contributed by atoms with Gasteiger partial charge in [0.25, 0.3) is 0 Å². The SMILES string of the molecule is COc1ccc(OC(F)F)c(NC(C#N)=C(C#N)C#N)c1. The zero-order valence-electron chi connectivity index (χ0n) is 10.7. The number of benzene rings is 1. The van der Waals surface area contributed by atoms with Gasteiger partial charge in [-0.3, -0.25) is 0 Å². The molecule has 0 saturated heterocycles. The van der Waals surface area contributed by atoms with Crippen molar-refractivity contribution in [3.63, 3.8) is 0 Å². The zero-order valence-corrected chi connectivity index (χ0v) is 10.7. The Hall–Kier alpha value is -3.31. The van der Waals surface area contributed by atoms with E-state index in [-0.39, 0.29) is 17.1 Å². The van der Waals surface area contributed by atoms with Gasteiger partial charge in [0.15, 0.2) is 5.57 Å². The van der Waals surface area contributed by atoms with Crippen LogP contribution in [-0.2, 0) is 0 Å². The lowest BCUT2D eigenvalue weighted by atomic mass is 10.2. The molecule has 21 heavy (non-hydrogen) atoms. The summed E-state index contributed by atoms with van der Waals surface area (Å²) in [7, 11) is 1.36. The maximum absolute atomic E-state index is 12.3. The van der Waals surface area contributed by atoms with Crippen LogP contribution in [0.2, 0.25) is 0 Å². The highest BCUT2D eigenvalue weighted by atomic mass is 19.3. The summed E-state index contributed by atoms with van der Waals surface area (Å²) >= 11 is 0. The predicted molar refractivity (Wildman–Crippen MR) is 67.1 cm³/mol. The highest BCUT2D eigenvalue weighted by Crippen LogP contribution is 2.31. The molecule has 6 nitrogen and oxygen atoms in total. The Morgan fingerprint density at radius 1 is 1.19 bits per heavy atom. The third kappa shape index (κ3) is 4.09. The quantitative estimate of drug-likeness (QED) is 0.836. The molecular weight excluding hydrogens is 282 g/mol. The van der Waals surface area contributed by atoms with Crippen LogP contribution in [0, 0.1) is 34.0 Å². The first-order valence-electron chi connectivity index (χ1n) is 5.40. The number of rotatable bonds is 5. The monoisotopic (exact) mass is 290 g/mol. The van der Waals surface area contributed by atoms with Gasteiger partial charge in [0.1, 0.15) is 35.4 Å². The van der Waals surface area contributed by atoms with Crippen LogP contribution < -0.4 is 14.8 Å². The van der Waals surface area contributed by atoms with E-state index in [1.807, 2.05) is 0 Å². The fourth-order valence-electron chi connectivity index (χ4n) is 1.35. The molecule has 1 aromatic carbocycles. The number of methoxy groups -OCH3 is 1. The molecule has 0 aromatic heterocycles. The van der Waals surface area contributed by atoms with E-state index in [4.69, 9.17) is 20.5 Å². The molecule has 1 aromatic rings. The summed E-state index contributed by atoms with van der Waals surface area (Å²) < 4.78 is 33.9. The molecule has 0 heterocycles. The molecule has 0 unspecified atom stereocenters. The first kappa shape index (κ1) is 15.7. The summed E-state index contributed by atoms with van der Waals surface area (Å²) in [4.78, 5) is 0. The standard InChI is InChI=1S/C13H8F2N4O2/c1-20-9-2-3-12(21-13(14)15)10(4-9)19-11(7-18)8(5-16)6-17/h2-4,13,19H,1H3. The van der Waals surface area contributed by atoms with Gasteiger partial charge in [-0.1, -0.05) is 0 Å². The van der Waals surface area contributed by atoms with Gasteiger partial charge >= 0.3 is 6.61 Å². The third-order valence-corrected chi connectivity index (χ3v) is 2.25. The number of alkyl halides is 2. The molecule has 0 bridgehead atoms. The van der Waals surface area contributed by atoms with Crippen molar-refractivity contribution < 1.29 is 18.3 Å². The first-order valence-corrected chi connectivity index (χ1v) is 5.40. The highest BCUT2D eigenvalue weighted by Gasteiger charge is 2.14. The van der Waals surface area contributed by atoms with E-state index in [1.54, 1.807) is 6.07 Å². The van der Waals surface area contributed by atoms with Crippen molar-refractivity contribution in [1.29, 1.82) is 15.8 Å². The molecule has 0 aliphatic rings. The lowest BCUT2D eigenvalue weighted by Gasteiger charge is -2.13. The molecule has 0 amide bonds. The molecule has 0 aliphatic heterocycles. The van der Waals surface area contributed by atoms with Crippen LogP contribution in [0.25, 0.3) is 0 Å². The lowest BCUT2D eigenvalue weighted by molar-refractivity contribution is -0.0493. The molecule has 0 spiro atoms. The summed E-state index contributed by atoms with van der Waals surface area (Å²) in [6.45, 7) is -3.07. The molecule has 0 saturated carbocycles. The van der Waals surface area contributed by atoms with Gasteiger partial charge in [0.05, 0.1) is 12.8 Å². The van der Waals surface area contributed by atoms with Crippen LogP contribution in [0.15, 0.2) is 29.5 Å². The number of nitrogens with one attached hydrogen (secondary N) is 1. The van der Waals surface area contributed by atoms with Gasteiger partial charge in [0.2, 0.25) is 0 Å². The molecular formula is C13H8F2N4O2. The number of nitrogens with zero attached hydrogens (tertiary/aromatic N) is 3. The number of anilines is 1. The Morgan fingerprint density at radius 3 is 2.33 bits per heavy atom. The summed E-state index contributed by atoms with van der Waals surface area (Å²) in [5.41, 5.74) is -0.898. The molecule has 8 heteroatoms. The Bertz CT molecular complexity index is 665. The van der Waals surface area contributed by atoms with E-state index in [9.17, 15) is 8.78 Å². The Morgan fingerprint density at radius 2 is 1.86 bits per heavy atom. The van der Waals surface area contributed by atoms with Crippen LogP contribution in [0.5, 0.6) is 11.5 Å². The number of ether oxygens (including phenoxy) is 2. The first-order chi connectivity index (χ1) is 10.0. The van der Waals surface area contributed by atoms with Crippen LogP contribution in [-0.4, -0.2) is 13.7 Å². The number of hydrogen-bond donors (Lipinski definition) is 1. The topological polar surface area (TPSA) is 102 Å². The van der Waals surface area contributed by atoms with Crippen LogP contribution in [0.4, 0.5) is 14.5 Å². The zero-order chi connectivity index (χ0) is 15.8. The number of halogens is 2. The van der Waals surface area contributed by atoms with Crippen molar-refractivity contribution >= 4 is 5.69 Å². The van der Waals surface area contributed by atoms with Gasteiger partial charge in [0, 0.05) is 6.07 Å². The summed E-state index contributed by atoms with van der Waals surface area (Å²) in [5, 5.41) is 28.8. The van der Waals surface area contributed by atoms with Gasteiger partial charge in [-0.2, -0.15) is 24.6 Å². The van der Waals surface area contributed by atoms with Crippen molar-refractivity contribution in [3.8, 4) is 29.7 Å². The Labute approximate surface area is 119 Å². The molecule has 106 valence electrons. The predicted octanol–water partition coefficient (Wildman–Crippen LogP) is 2.53. The minimum absolute atomic E-state index is 0.0331. The summed E-state index contributed by atoms with van der Waals surface area (Å²) in [5.74, 6) is 0.0562. The Balaban J connectivity index is 3.28. The molecule has 0 aliphatic carbocycles. The smallest absolute Gasteiger partial charge is 0.387 e. The average Bonchev–Trinajstić information content (AvgIpc) is 2.48. The van der Waals surface area contributed by atoms with Crippen LogP contribution >= 0.6 is 0 Å². The Kier molecular flexibility index (Phi) is 5.49. The van der Waals surface area contributed by atoms with E-state index in [2.05, 4.69) is 10.1 Å². The normalized spacial score (nSPS) is 9.00. The van der Waals surface area contributed by atoms with Crippen molar-refractivity contribution in [2.45, 2.75) is 6.61 Å². The van der Waals surface area contributed by atoms with Gasteiger partial charge in [-0.25, -0.2) is 0 Å². The number of hydrogen-bond acceptors (Lipinski definition) is 6. The van der Waals surface area contributed by atoms with E-state index < -0.39 is 12.2 Å². The van der Waals surface area contributed by atoms with Crippen molar-refractivity contribution in [2.24, 2.45) is 0 Å². The molecule has 0 radical (unpaired) electrons. The maximum Gasteiger partial charge on any atom is 0.387 e. The van der Waals surface area contributed by atoms with Gasteiger partial charge in [-0.05, 0) is 12.1 Å². The van der Waals surface area contributed by atoms with Crippen LogP contribution in [0.1, 0.15) is 0 Å². The average molecular weight is 290 g/mol. The summed E-state index contributed by atoms with van der Waals surface area (Å²) in [6, 6.07) is 8.55. The molecule has 1 N–H and O–H groups in total. The molecule has 0 atom stereocenters. The van der Waals surface area contributed by atoms with E-state index >= 15 is 0 Å². The van der Waals surface area contributed by atoms with Crippen molar-refractivity contribution in [3.05, 3.63) is 29.5 Å². The fourth-order valence-corrected chi connectivity index (χ4v) is 1.35. The number of allylic oxidation sites excluding steroid dienone is 2. The van der Waals surface area contributed by atoms with Gasteiger partial charge < -0.3 is 14.8 Å². The molecule has 0 fully saturated rings. The van der Waals surface area contributed by atoms with E-state index in [1.165, 1.54) is 37.4 Å². The minimum atomic E-state index is -3.07. The maximum atomic E-state index is 12.3. The number of nitriles is 3. The third-order valence-electron chi connectivity index (χ3n) is 2.25. The second-order valence-corrected chi connectivity index (χ2v) is 3.45. The van der Waals surface area contributed by atoms with Crippen molar-refractivity contribution in [1.82, 2.24) is 0 Å². The fraction of sp³-hybridized carbons (Fsp3) is 0.154. The van der Waals surface area contributed by atoms with Gasteiger partial charge in [-0.15, -0.1) is 0 Å². The highest BCUT2D eigenvalue weighted by molar-refractivity contribution is 5.66. The second kappa shape index (κ2) is 7.32. The van der Waals surface area contributed by atoms with Crippen LogP contribution in [0.3, 0.4) is 0 Å². The van der Waals surface area contributed by atoms with E-state index in [0.29, 0.717) is 5.75 Å². The second-order valence-electron chi connectivity index (χ2n) is 3.45. The molecule has 1 rings (SSSR count).